The molecule has 0 spiro atoms. The molecular formula is C19H13ClN8O4. The van der Waals surface area contributed by atoms with Crippen LogP contribution in [0.3, 0.4) is 0 Å². The molecule has 1 aliphatic heterocycles. The first-order valence-corrected chi connectivity index (χ1v) is 9.51. The van der Waals surface area contributed by atoms with E-state index in [1.54, 1.807) is 42.5 Å². The molecule has 0 radical (unpaired) electrons. The van der Waals surface area contributed by atoms with Gasteiger partial charge in [-0.15, -0.1) is 5.10 Å². The first kappa shape index (κ1) is 19.5. The van der Waals surface area contributed by atoms with Crippen LogP contribution in [0.25, 0.3) is 17.1 Å². The molecule has 32 heavy (non-hydrogen) atoms. The molecule has 4 aromatic rings. The number of ether oxygens (including phenoxy) is 2. The third-order valence-corrected chi connectivity index (χ3v) is 4.85. The average Bonchev–Trinajstić information content (AvgIpc) is 3.53. The highest BCUT2D eigenvalue weighted by Gasteiger charge is 2.26. The van der Waals surface area contributed by atoms with Crippen LogP contribution in [-0.4, -0.2) is 44.2 Å². The second kappa shape index (κ2) is 8.00. The number of nitrogens with one attached hydrogen (secondary N) is 1. The summed E-state index contributed by atoms with van der Waals surface area (Å²) < 4.78 is 16.7. The third-order valence-electron chi connectivity index (χ3n) is 4.50. The number of hydrogen-bond donors (Lipinski definition) is 2. The van der Waals surface area contributed by atoms with E-state index >= 15 is 0 Å². The van der Waals surface area contributed by atoms with Crippen molar-refractivity contribution in [2.45, 2.75) is 0 Å². The van der Waals surface area contributed by atoms with Crippen molar-refractivity contribution < 1.29 is 18.9 Å². The maximum atomic E-state index is 12.9. The Hall–Kier alpha value is -4.45. The van der Waals surface area contributed by atoms with Crippen LogP contribution in [0.2, 0.25) is 5.02 Å². The van der Waals surface area contributed by atoms with Gasteiger partial charge in [0.15, 0.2) is 17.2 Å². The molecule has 1 amide bonds. The summed E-state index contributed by atoms with van der Waals surface area (Å²) in [4.78, 5) is 12.9. The Balaban J connectivity index is 1.52. The lowest BCUT2D eigenvalue weighted by Crippen LogP contribution is -2.19. The Bertz CT molecular complexity index is 1350. The summed E-state index contributed by atoms with van der Waals surface area (Å²) in [6, 6.07) is 12.2. The first-order valence-electron chi connectivity index (χ1n) is 9.14. The zero-order valence-corrected chi connectivity index (χ0v) is 16.9. The van der Waals surface area contributed by atoms with Crippen LogP contribution in [0.1, 0.15) is 16.1 Å². The molecule has 0 bridgehead atoms. The number of carbonyl (C=O) groups is 1. The molecule has 0 unspecified atom stereocenters. The predicted molar refractivity (Wildman–Crippen MR) is 112 cm³/mol. The number of rotatable bonds is 5. The molecule has 2 aromatic carbocycles. The number of aromatic nitrogens is 5. The monoisotopic (exact) mass is 452 g/mol. The fraction of sp³-hybridized carbons (Fsp3) is 0.0526. The van der Waals surface area contributed by atoms with Gasteiger partial charge in [-0.1, -0.05) is 35.0 Å². The van der Waals surface area contributed by atoms with Crippen LogP contribution in [0.15, 0.2) is 52.2 Å². The quantitative estimate of drug-likeness (QED) is 0.341. The van der Waals surface area contributed by atoms with Crippen molar-refractivity contribution in [1.82, 2.24) is 30.7 Å². The number of halogens is 1. The smallest absolute Gasteiger partial charge is 0.294 e. The lowest BCUT2D eigenvalue weighted by molar-refractivity contribution is 0.0950. The van der Waals surface area contributed by atoms with E-state index < -0.39 is 5.91 Å². The Morgan fingerprint density at radius 2 is 2.03 bits per heavy atom. The van der Waals surface area contributed by atoms with Gasteiger partial charge < -0.3 is 15.2 Å². The SMILES string of the molecule is Nc1nonc1-n1nnc(C(=O)NN=Cc2ccccc2Cl)c1-c1ccc2c(c1)OCO2. The van der Waals surface area contributed by atoms with Crippen molar-refractivity contribution in [3.8, 4) is 28.6 Å². The van der Waals surface area contributed by atoms with Gasteiger partial charge in [0.25, 0.3) is 5.91 Å². The topological polar surface area (TPSA) is 156 Å². The standard InChI is InChI=1S/C19H13ClN8O4/c20-12-4-2-1-3-11(12)8-22-24-19(29)15-16(10-5-6-13-14(7-10)31-9-30-13)28(27-23-15)18-17(21)25-32-26-18/h1-8H,9H2,(H2,21,25)(H,24,29). The van der Waals surface area contributed by atoms with E-state index in [9.17, 15) is 4.79 Å². The summed E-state index contributed by atoms with van der Waals surface area (Å²) in [5.41, 5.74) is 9.65. The molecule has 3 N–H and O–H groups in total. The van der Waals surface area contributed by atoms with Crippen LogP contribution in [0.4, 0.5) is 5.82 Å². The number of benzene rings is 2. The Labute approximate surface area is 184 Å². The minimum absolute atomic E-state index is 0.0272. The van der Waals surface area contributed by atoms with E-state index in [1.807, 2.05) is 0 Å². The summed E-state index contributed by atoms with van der Waals surface area (Å²) in [6.45, 7) is 0.0978. The van der Waals surface area contributed by atoms with Gasteiger partial charge in [0.2, 0.25) is 18.4 Å². The number of nitrogens with zero attached hydrogens (tertiary/aromatic N) is 6. The van der Waals surface area contributed by atoms with Crippen molar-refractivity contribution in [3.05, 3.63) is 58.7 Å². The van der Waals surface area contributed by atoms with Gasteiger partial charge in [-0.2, -0.15) is 9.78 Å². The molecule has 5 rings (SSSR count). The summed E-state index contributed by atoms with van der Waals surface area (Å²) >= 11 is 6.10. The third kappa shape index (κ3) is 3.48. The molecule has 3 heterocycles. The fourth-order valence-electron chi connectivity index (χ4n) is 3.02. The number of amides is 1. The van der Waals surface area contributed by atoms with Crippen LogP contribution in [-0.2, 0) is 0 Å². The minimum atomic E-state index is -0.623. The predicted octanol–water partition coefficient (Wildman–Crippen LogP) is 2.05. The largest absolute Gasteiger partial charge is 0.454 e. The molecule has 160 valence electrons. The Kier molecular flexibility index (Phi) is 4.88. The molecule has 2 aromatic heterocycles. The van der Waals surface area contributed by atoms with E-state index in [2.05, 4.69) is 35.8 Å². The second-order valence-electron chi connectivity index (χ2n) is 6.46. The number of nitrogens with two attached hydrogens (primary N) is 1. The molecule has 0 atom stereocenters. The van der Waals surface area contributed by atoms with Crippen molar-refractivity contribution in [3.63, 3.8) is 0 Å². The highest BCUT2D eigenvalue weighted by atomic mass is 35.5. The molecule has 0 saturated carbocycles. The molecule has 0 fully saturated rings. The molecule has 12 nitrogen and oxygen atoms in total. The molecule has 13 heteroatoms. The number of nitrogen functional groups attached to an aromatic ring is 1. The number of anilines is 1. The summed E-state index contributed by atoms with van der Waals surface area (Å²) in [6.07, 6.45) is 1.42. The van der Waals surface area contributed by atoms with Gasteiger partial charge in [-0.05, 0) is 34.6 Å². The van der Waals surface area contributed by atoms with E-state index in [4.69, 9.17) is 26.8 Å². The Morgan fingerprint density at radius 1 is 1.19 bits per heavy atom. The fourth-order valence-corrected chi connectivity index (χ4v) is 3.20. The highest BCUT2D eigenvalue weighted by molar-refractivity contribution is 6.33. The average molecular weight is 453 g/mol. The van der Waals surface area contributed by atoms with E-state index in [1.165, 1.54) is 10.9 Å². The van der Waals surface area contributed by atoms with E-state index in [0.717, 1.165) is 0 Å². The lowest BCUT2D eigenvalue weighted by Gasteiger charge is -2.07. The van der Waals surface area contributed by atoms with Gasteiger partial charge in [0.1, 0.15) is 5.69 Å². The minimum Gasteiger partial charge on any atom is -0.454 e. The summed E-state index contributed by atoms with van der Waals surface area (Å²) in [5, 5.41) is 19.7. The molecule has 0 saturated heterocycles. The normalized spacial score (nSPS) is 12.4. The van der Waals surface area contributed by atoms with Gasteiger partial charge >= 0.3 is 0 Å². The zero-order chi connectivity index (χ0) is 22.1. The first-order chi connectivity index (χ1) is 15.6. The summed E-state index contributed by atoms with van der Waals surface area (Å²) in [7, 11) is 0. The van der Waals surface area contributed by atoms with Crippen molar-refractivity contribution in [2.75, 3.05) is 12.5 Å². The van der Waals surface area contributed by atoms with Crippen LogP contribution in [0.5, 0.6) is 11.5 Å². The van der Waals surface area contributed by atoms with E-state index in [-0.39, 0.29) is 29.8 Å². The summed E-state index contributed by atoms with van der Waals surface area (Å²) in [5.74, 6) is 0.502. The second-order valence-corrected chi connectivity index (χ2v) is 6.87. The Morgan fingerprint density at radius 3 is 2.84 bits per heavy atom. The molecule has 1 aliphatic rings. The zero-order valence-electron chi connectivity index (χ0n) is 16.1. The lowest BCUT2D eigenvalue weighted by atomic mass is 10.1. The molecular weight excluding hydrogens is 440 g/mol. The van der Waals surface area contributed by atoms with E-state index in [0.29, 0.717) is 27.6 Å². The van der Waals surface area contributed by atoms with Crippen LogP contribution in [0, 0.1) is 0 Å². The van der Waals surface area contributed by atoms with Crippen LogP contribution < -0.4 is 20.6 Å². The highest BCUT2D eigenvalue weighted by Crippen LogP contribution is 2.37. The number of hydrogen-bond acceptors (Lipinski definition) is 10. The van der Waals surface area contributed by atoms with Gasteiger partial charge in [-0.3, -0.25) is 4.79 Å². The maximum Gasteiger partial charge on any atom is 0.294 e. The number of hydrazone groups is 1. The number of fused-ring (bicyclic) bond motifs is 1. The molecule has 0 aliphatic carbocycles. The van der Waals surface area contributed by atoms with Crippen molar-refractivity contribution >= 4 is 29.5 Å². The van der Waals surface area contributed by atoms with Gasteiger partial charge in [0.05, 0.1) is 6.21 Å². The number of carbonyl (C=O) groups excluding carboxylic acids is 1. The van der Waals surface area contributed by atoms with Gasteiger partial charge in [0, 0.05) is 16.1 Å². The van der Waals surface area contributed by atoms with Gasteiger partial charge in [-0.25, -0.2) is 10.1 Å². The van der Waals surface area contributed by atoms with Crippen molar-refractivity contribution in [1.29, 1.82) is 0 Å². The van der Waals surface area contributed by atoms with Crippen molar-refractivity contribution in [2.24, 2.45) is 5.10 Å². The van der Waals surface area contributed by atoms with Crippen LogP contribution >= 0.6 is 11.6 Å². The maximum absolute atomic E-state index is 12.9.